The van der Waals surface area contributed by atoms with Crippen LogP contribution in [0.25, 0.3) is 11.0 Å². The number of benzene rings is 2. The molecule has 3 rings (SSSR count). The quantitative estimate of drug-likeness (QED) is 0.711. The van der Waals surface area contributed by atoms with Gasteiger partial charge in [-0.15, -0.1) is 0 Å². The molecular weight excluding hydrogens is 335 g/mol. The first kappa shape index (κ1) is 17.9. The average Bonchev–Trinajstić information content (AvgIpc) is 3.01. The maximum Gasteiger partial charge on any atom is 0.254 e. The minimum Gasteiger partial charge on any atom is -0.492 e. The molecule has 0 saturated carbocycles. The van der Waals surface area contributed by atoms with Crippen molar-refractivity contribution in [3.8, 4) is 5.75 Å². The monoisotopic (exact) mass is 356 g/mol. The molecule has 1 aromatic heterocycles. The molecule has 0 unspecified atom stereocenters. The Morgan fingerprint density at radius 2 is 2.12 bits per heavy atom. The van der Waals surface area contributed by atoms with Crippen molar-refractivity contribution in [2.75, 3.05) is 20.2 Å². The number of halogens is 1. The van der Waals surface area contributed by atoms with E-state index in [1.54, 1.807) is 30.1 Å². The first-order chi connectivity index (χ1) is 12.5. The van der Waals surface area contributed by atoms with Crippen molar-refractivity contribution in [3.05, 3.63) is 59.2 Å². The van der Waals surface area contributed by atoms with Gasteiger partial charge >= 0.3 is 0 Å². The summed E-state index contributed by atoms with van der Waals surface area (Å²) < 4.78 is 18.9. The summed E-state index contributed by atoms with van der Waals surface area (Å²) in [6, 6.07) is 9.67. The number of rotatable bonds is 6. The molecular formula is C19H21FN4O2. The van der Waals surface area contributed by atoms with E-state index in [4.69, 9.17) is 10.5 Å². The molecule has 3 aromatic rings. The lowest BCUT2D eigenvalue weighted by molar-refractivity contribution is 0.0781. The summed E-state index contributed by atoms with van der Waals surface area (Å²) in [5.74, 6) is 0.748. The second-order valence-corrected chi connectivity index (χ2v) is 6.12. The molecule has 0 bridgehead atoms. The van der Waals surface area contributed by atoms with E-state index < -0.39 is 0 Å². The molecule has 2 aromatic carbocycles. The summed E-state index contributed by atoms with van der Waals surface area (Å²) in [5, 5.41) is 0. The number of hydrogen-bond acceptors (Lipinski definition) is 4. The van der Waals surface area contributed by atoms with Gasteiger partial charge in [-0.25, -0.2) is 9.37 Å². The van der Waals surface area contributed by atoms with Gasteiger partial charge in [0.25, 0.3) is 5.91 Å². The molecule has 1 amide bonds. The van der Waals surface area contributed by atoms with Crippen LogP contribution in [0.4, 0.5) is 4.39 Å². The van der Waals surface area contributed by atoms with Crippen molar-refractivity contribution in [3.63, 3.8) is 0 Å². The molecule has 136 valence electrons. The zero-order valence-corrected chi connectivity index (χ0v) is 14.8. The summed E-state index contributed by atoms with van der Waals surface area (Å²) in [5.41, 5.74) is 8.20. The maximum absolute atomic E-state index is 13.3. The van der Waals surface area contributed by atoms with Crippen molar-refractivity contribution < 1.29 is 13.9 Å². The molecule has 0 radical (unpaired) electrons. The second kappa shape index (κ2) is 7.53. The number of hydrogen-bond donors (Lipinski definition) is 2. The Morgan fingerprint density at radius 3 is 2.88 bits per heavy atom. The Balaban J connectivity index is 1.76. The van der Waals surface area contributed by atoms with Gasteiger partial charge in [0.15, 0.2) is 0 Å². The zero-order chi connectivity index (χ0) is 18.7. The lowest BCUT2D eigenvalue weighted by Gasteiger charge is -2.17. The van der Waals surface area contributed by atoms with E-state index in [2.05, 4.69) is 9.97 Å². The fourth-order valence-electron chi connectivity index (χ4n) is 2.68. The summed E-state index contributed by atoms with van der Waals surface area (Å²) in [6.45, 7) is 2.99. The van der Waals surface area contributed by atoms with Crippen molar-refractivity contribution in [1.82, 2.24) is 14.9 Å². The molecule has 26 heavy (non-hydrogen) atoms. The van der Waals surface area contributed by atoms with Crippen LogP contribution in [0.1, 0.15) is 21.7 Å². The van der Waals surface area contributed by atoms with E-state index in [9.17, 15) is 9.18 Å². The van der Waals surface area contributed by atoms with Crippen LogP contribution < -0.4 is 10.5 Å². The molecule has 0 aliphatic rings. The Labute approximate surface area is 150 Å². The van der Waals surface area contributed by atoms with Crippen molar-refractivity contribution in [2.45, 2.75) is 13.5 Å². The third-order valence-corrected chi connectivity index (χ3v) is 4.04. The summed E-state index contributed by atoms with van der Waals surface area (Å²) in [6.07, 6.45) is 0. The largest absolute Gasteiger partial charge is 0.492 e. The van der Waals surface area contributed by atoms with Crippen LogP contribution in [-0.4, -0.2) is 41.0 Å². The van der Waals surface area contributed by atoms with Crippen LogP contribution >= 0.6 is 0 Å². The molecule has 1 heterocycles. The van der Waals surface area contributed by atoms with E-state index in [-0.39, 0.29) is 18.3 Å². The van der Waals surface area contributed by atoms with Crippen LogP contribution in [0.15, 0.2) is 36.4 Å². The van der Waals surface area contributed by atoms with Crippen molar-refractivity contribution >= 4 is 16.9 Å². The van der Waals surface area contributed by atoms with Crippen molar-refractivity contribution in [1.29, 1.82) is 0 Å². The van der Waals surface area contributed by atoms with Gasteiger partial charge < -0.3 is 20.4 Å². The number of aromatic amines is 1. The van der Waals surface area contributed by atoms with Gasteiger partial charge in [0.1, 0.15) is 24.0 Å². The molecule has 6 nitrogen and oxygen atoms in total. The topological polar surface area (TPSA) is 84.2 Å². The first-order valence-electron chi connectivity index (χ1n) is 8.31. The highest BCUT2D eigenvalue weighted by Crippen LogP contribution is 2.21. The van der Waals surface area contributed by atoms with Crippen LogP contribution in [0.3, 0.4) is 0 Å². The minimum atomic E-state index is -0.332. The number of nitrogens with one attached hydrogen (secondary N) is 1. The summed E-state index contributed by atoms with van der Waals surface area (Å²) >= 11 is 0. The third kappa shape index (κ3) is 3.83. The highest BCUT2D eigenvalue weighted by molar-refractivity contribution is 5.94. The molecule has 7 heteroatoms. The number of H-pyrrole nitrogens is 1. The second-order valence-electron chi connectivity index (χ2n) is 6.12. The Morgan fingerprint density at radius 1 is 1.31 bits per heavy atom. The van der Waals surface area contributed by atoms with Crippen LogP contribution in [0, 0.1) is 12.7 Å². The normalized spacial score (nSPS) is 10.9. The minimum absolute atomic E-state index is 0.158. The average molecular weight is 356 g/mol. The number of carbonyl (C=O) groups is 1. The lowest BCUT2D eigenvalue weighted by atomic mass is 10.1. The zero-order valence-electron chi connectivity index (χ0n) is 14.8. The molecule has 0 fully saturated rings. The maximum atomic E-state index is 13.3. The van der Waals surface area contributed by atoms with Crippen molar-refractivity contribution in [2.24, 2.45) is 5.73 Å². The van der Waals surface area contributed by atoms with Crippen LogP contribution in [-0.2, 0) is 6.54 Å². The van der Waals surface area contributed by atoms with Gasteiger partial charge in [-0.3, -0.25) is 4.79 Å². The van der Waals surface area contributed by atoms with Gasteiger partial charge in [0.05, 0.1) is 17.6 Å². The number of imidazole rings is 1. The van der Waals surface area contributed by atoms with E-state index >= 15 is 0 Å². The number of nitrogens with zero attached hydrogens (tertiary/aromatic N) is 2. The number of nitrogens with two attached hydrogens (primary N) is 1. The van der Waals surface area contributed by atoms with Gasteiger partial charge in [0, 0.05) is 19.2 Å². The highest BCUT2D eigenvalue weighted by atomic mass is 19.1. The number of ether oxygens (including phenoxy) is 1. The number of aryl methyl sites for hydroxylation is 1. The molecule has 3 N–H and O–H groups in total. The van der Waals surface area contributed by atoms with Crippen LogP contribution in [0.2, 0.25) is 0 Å². The van der Waals surface area contributed by atoms with Gasteiger partial charge in [0.2, 0.25) is 0 Å². The fraction of sp³-hybridized carbons (Fsp3) is 0.263. The number of amides is 1. The summed E-state index contributed by atoms with van der Waals surface area (Å²) in [7, 11) is 1.69. The van der Waals surface area contributed by atoms with E-state index in [0.717, 1.165) is 5.56 Å². The smallest absolute Gasteiger partial charge is 0.254 e. The molecule has 0 saturated heterocycles. The SMILES string of the molecule is Cc1ccc(C(=O)N(C)Cc2nc3ccc(F)cc3[nH]2)cc1OCCN. The van der Waals surface area contributed by atoms with E-state index in [1.807, 2.05) is 13.0 Å². The Bertz CT molecular complexity index is 938. The van der Waals surface area contributed by atoms with Gasteiger partial charge in [-0.1, -0.05) is 6.07 Å². The van der Waals surface area contributed by atoms with Crippen LogP contribution in [0.5, 0.6) is 5.75 Å². The summed E-state index contributed by atoms with van der Waals surface area (Å²) in [4.78, 5) is 21.7. The Hall–Kier alpha value is -2.93. The third-order valence-electron chi connectivity index (χ3n) is 4.04. The predicted molar refractivity (Wildman–Crippen MR) is 97.6 cm³/mol. The molecule has 0 aliphatic carbocycles. The first-order valence-corrected chi connectivity index (χ1v) is 8.31. The van der Waals surface area contributed by atoms with Gasteiger partial charge in [-0.2, -0.15) is 0 Å². The van der Waals surface area contributed by atoms with Gasteiger partial charge in [-0.05, 0) is 42.8 Å². The lowest BCUT2D eigenvalue weighted by Crippen LogP contribution is -2.26. The molecule has 0 atom stereocenters. The highest BCUT2D eigenvalue weighted by Gasteiger charge is 2.16. The predicted octanol–water partition coefficient (Wildman–Crippen LogP) is 2.62. The number of aromatic nitrogens is 2. The van der Waals surface area contributed by atoms with E-state index in [0.29, 0.717) is 41.3 Å². The fourth-order valence-corrected chi connectivity index (χ4v) is 2.68. The Kier molecular flexibility index (Phi) is 5.18. The van der Waals surface area contributed by atoms with E-state index in [1.165, 1.54) is 12.1 Å². The number of carbonyl (C=O) groups excluding carboxylic acids is 1. The number of fused-ring (bicyclic) bond motifs is 1. The molecule has 0 spiro atoms. The standard InChI is InChI=1S/C19H21FN4O2/c1-12-3-4-13(9-17(12)26-8-7-21)19(25)24(2)11-18-22-15-6-5-14(20)10-16(15)23-18/h3-6,9-10H,7-8,11,21H2,1-2H3,(H,22,23). The molecule has 0 aliphatic heterocycles.